The van der Waals surface area contributed by atoms with Crippen molar-refractivity contribution in [1.82, 2.24) is 15.1 Å². The molecule has 1 aromatic rings. The Morgan fingerprint density at radius 1 is 1.11 bits per heavy atom. The number of hydrogen-bond acceptors (Lipinski definition) is 7. The van der Waals surface area contributed by atoms with Gasteiger partial charge in [0.05, 0.1) is 24.3 Å². The summed E-state index contributed by atoms with van der Waals surface area (Å²) >= 11 is 0. The maximum Gasteiger partial charge on any atom is 0.266 e. The number of fused-ring (bicyclic) bond motifs is 1. The molecule has 9 nitrogen and oxygen atoms in total. The van der Waals surface area contributed by atoms with E-state index >= 15 is 0 Å². The second-order valence-corrected chi connectivity index (χ2v) is 6.89. The first kappa shape index (κ1) is 20.0. The molecule has 1 N–H and O–H groups in total. The molecular weight excluding hydrogens is 366 g/mol. The summed E-state index contributed by atoms with van der Waals surface area (Å²) in [6, 6.07) is 3.77. The molecule has 4 amide bonds. The third-order valence-corrected chi connectivity index (χ3v) is 4.60. The molecular formula is C19H23N3O6. The highest BCUT2D eigenvalue weighted by Crippen LogP contribution is 2.33. The Kier molecular flexibility index (Phi) is 6.05. The average molecular weight is 389 g/mol. The molecule has 1 unspecified atom stereocenters. The number of nitrogens with zero attached hydrogens (tertiary/aromatic N) is 2. The van der Waals surface area contributed by atoms with E-state index in [1.807, 2.05) is 19.0 Å². The van der Waals surface area contributed by atoms with Gasteiger partial charge in [0.1, 0.15) is 18.4 Å². The monoisotopic (exact) mass is 389 g/mol. The molecule has 2 heterocycles. The Balaban J connectivity index is 1.68. The first-order chi connectivity index (χ1) is 13.4. The van der Waals surface area contributed by atoms with Crippen LogP contribution < -0.4 is 10.1 Å². The van der Waals surface area contributed by atoms with Crippen molar-refractivity contribution in [2.45, 2.75) is 18.9 Å². The summed E-state index contributed by atoms with van der Waals surface area (Å²) in [6.07, 6.45) is 0.198. The van der Waals surface area contributed by atoms with Crippen molar-refractivity contribution < 1.29 is 28.7 Å². The Bertz CT molecular complexity index is 807. The first-order valence-corrected chi connectivity index (χ1v) is 9.10. The second-order valence-electron chi connectivity index (χ2n) is 6.89. The normalized spacial score (nSPS) is 19.2. The summed E-state index contributed by atoms with van der Waals surface area (Å²) in [7, 11) is 3.90. The molecule has 0 aliphatic carbocycles. The zero-order chi connectivity index (χ0) is 20.3. The van der Waals surface area contributed by atoms with Crippen LogP contribution in [0.15, 0.2) is 18.2 Å². The quantitative estimate of drug-likeness (QED) is 0.494. The summed E-state index contributed by atoms with van der Waals surface area (Å²) in [4.78, 5) is 52.0. The molecule has 9 heteroatoms. The molecule has 1 fully saturated rings. The number of benzene rings is 1. The van der Waals surface area contributed by atoms with Gasteiger partial charge in [0.2, 0.25) is 11.8 Å². The number of nitrogens with one attached hydrogen (secondary N) is 1. The molecule has 28 heavy (non-hydrogen) atoms. The minimum Gasteiger partial charge on any atom is -0.490 e. The van der Waals surface area contributed by atoms with Gasteiger partial charge in [0, 0.05) is 13.0 Å². The number of imide groups is 2. The lowest BCUT2D eigenvalue weighted by Crippen LogP contribution is -2.54. The van der Waals surface area contributed by atoms with E-state index in [9.17, 15) is 19.2 Å². The summed E-state index contributed by atoms with van der Waals surface area (Å²) < 4.78 is 11.1. The van der Waals surface area contributed by atoms with Gasteiger partial charge in [-0.1, -0.05) is 6.07 Å². The number of carbonyl (C=O) groups is 4. The standard InChI is InChI=1S/C19H23N3O6/c1-21(2)8-9-27-10-11-28-14-5-3-4-12-16(14)19(26)22(18(12)25)13-6-7-15(23)20-17(13)24/h3-5,13H,6-11H2,1-2H3,(H,20,23,24). The van der Waals surface area contributed by atoms with Crippen molar-refractivity contribution in [3.8, 4) is 5.75 Å². The zero-order valence-electron chi connectivity index (χ0n) is 15.9. The lowest BCUT2D eigenvalue weighted by molar-refractivity contribution is -0.136. The van der Waals surface area contributed by atoms with E-state index < -0.39 is 29.7 Å². The summed E-state index contributed by atoms with van der Waals surface area (Å²) in [5, 5.41) is 2.18. The molecule has 1 atom stereocenters. The third kappa shape index (κ3) is 4.05. The van der Waals surface area contributed by atoms with Crippen LogP contribution in [0.4, 0.5) is 0 Å². The van der Waals surface area contributed by atoms with Crippen molar-refractivity contribution >= 4 is 23.6 Å². The van der Waals surface area contributed by atoms with Gasteiger partial charge in [0.25, 0.3) is 11.8 Å². The van der Waals surface area contributed by atoms with Crippen LogP contribution in [0.5, 0.6) is 5.75 Å². The predicted molar refractivity (Wildman–Crippen MR) is 98.0 cm³/mol. The van der Waals surface area contributed by atoms with Gasteiger partial charge in [-0.15, -0.1) is 0 Å². The molecule has 1 aromatic carbocycles. The molecule has 0 saturated carbocycles. The average Bonchev–Trinajstić information content (AvgIpc) is 2.90. The molecule has 2 aliphatic heterocycles. The van der Waals surface area contributed by atoms with E-state index in [2.05, 4.69) is 5.32 Å². The summed E-state index contributed by atoms with van der Waals surface area (Å²) in [6.45, 7) is 1.92. The molecule has 0 bridgehead atoms. The number of hydrogen-bond donors (Lipinski definition) is 1. The van der Waals surface area contributed by atoms with Crippen LogP contribution >= 0.6 is 0 Å². The van der Waals surface area contributed by atoms with Crippen molar-refractivity contribution in [3.63, 3.8) is 0 Å². The lowest BCUT2D eigenvalue weighted by atomic mass is 10.0. The molecule has 0 radical (unpaired) electrons. The maximum absolute atomic E-state index is 12.9. The minimum absolute atomic E-state index is 0.0808. The highest BCUT2D eigenvalue weighted by atomic mass is 16.5. The van der Waals surface area contributed by atoms with Crippen molar-refractivity contribution in [3.05, 3.63) is 29.3 Å². The maximum atomic E-state index is 12.9. The van der Waals surface area contributed by atoms with Crippen molar-refractivity contribution in [2.24, 2.45) is 0 Å². The van der Waals surface area contributed by atoms with Crippen LogP contribution in [-0.4, -0.2) is 79.9 Å². The minimum atomic E-state index is -0.993. The van der Waals surface area contributed by atoms with Crippen LogP contribution in [0.3, 0.4) is 0 Å². The van der Waals surface area contributed by atoms with E-state index in [-0.39, 0.29) is 36.3 Å². The predicted octanol–water partition coefficient (Wildman–Crippen LogP) is 0.0448. The largest absolute Gasteiger partial charge is 0.490 e. The van der Waals surface area contributed by atoms with Crippen molar-refractivity contribution in [1.29, 1.82) is 0 Å². The highest BCUT2D eigenvalue weighted by molar-refractivity contribution is 6.24. The fourth-order valence-corrected chi connectivity index (χ4v) is 3.16. The van der Waals surface area contributed by atoms with Gasteiger partial charge in [0.15, 0.2) is 0 Å². The zero-order valence-corrected chi connectivity index (χ0v) is 15.9. The Labute approximate surface area is 162 Å². The number of ether oxygens (including phenoxy) is 2. The molecule has 0 spiro atoms. The van der Waals surface area contributed by atoms with E-state index in [0.717, 1.165) is 11.4 Å². The number of amides is 4. The lowest BCUT2D eigenvalue weighted by Gasteiger charge is -2.27. The van der Waals surface area contributed by atoms with E-state index in [1.54, 1.807) is 12.1 Å². The fourth-order valence-electron chi connectivity index (χ4n) is 3.16. The van der Waals surface area contributed by atoms with E-state index in [0.29, 0.717) is 13.2 Å². The Morgan fingerprint density at radius 2 is 1.89 bits per heavy atom. The van der Waals surface area contributed by atoms with Crippen LogP contribution in [0, 0.1) is 0 Å². The smallest absolute Gasteiger partial charge is 0.266 e. The number of likely N-dealkylation sites (N-methyl/N-ethyl adjacent to an activating group) is 1. The summed E-state index contributed by atoms with van der Waals surface area (Å²) in [5.41, 5.74) is 0.339. The van der Waals surface area contributed by atoms with Gasteiger partial charge < -0.3 is 14.4 Å². The van der Waals surface area contributed by atoms with Gasteiger partial charge in [-0.25, -0.2) is 0 Å². The van der Waals surface area contributed by atoms with Crippen molar-refractivity contribution in [2.75, 3.05) is 40.5 Å². The molecule has 1 saturated heterocycles. The fraction of sp³-hybridized carbons (Fsp3) is 0.474. The molecule has 150 valence electrons. The van der Waals surface area contributed by atoms with E-state index in [1.165, 1.54) is 6.07 Å². The van der Waals surface area contributed by atoms with Gasteiger partial charge in [-0.2, -0.15) is 0 Å². The van der Waals surface area contributed by atoms with Gasteiger partial charge >= 0.3 is 0 Å². The number of carbonyl (C=O) groups excluding carboxylic acids is 4. The number of piperidine rings is 1. The van der Waals surface area contributed by atoms with Gasteiger partial charge in [-0.05, 0) is 32.6 Å². The van der Waals surface area contributed by atoms with Crippen LogP contribution in [-0.2, 0) is 14.3 Å². The Morgan fingerprint density at radius 3 is 2.61 bits per heavy atom. The molecule has 0 aromatic heterocycles. The molecule has 2 aliphatic rings. The van der Waals surface area contributed by atoms with Gasteiger partial charge in [-0.3, -0.25) is 29.4 Å². The van der Waals surface area contributed by atoms with Crippen LogP contribution in [0.1, 0.15) is 33.6 Å². The first-order valence-electron chi connectivity index (χ1n) is 9.10. The van der Waals surface area contributed by atoms with E-state index in [4.69, 9.17) is 9.47 Å². The topological polar surface area (TPSA) is 105 Å². The second kappa shape index (κ2) is 8.49. The van der Waals surface area contributed by atoms with Crippen LogP contribution in [0.25, 0.3) is 0 Å². The highest BCUT2D eigenvalue weighted by Gasteiger charge is 2.45. The molecule has 3 rings (SSSR count). The number of rotatable bonds is 8. The third-order valence-electron chi connectivity index (χ3n) is 4.60. The SMILES string of the molecule is CN(C)CCOCCOc1cccc2c1C(=O)N(C1CCC(=O)NC1=O)C2=O. The summed E-state index contributed by atoms with van der Waals surface area (Å²) in [5.74, 6) is -1.90. The Hall–Kier alpha value is -2.78. The van der Waals surface area contributed by atoms with Crippen LogP contribution in [0.2, 0.25) is 0 Å².